The van der Waals surface area contributed by atoms with E-state index >= 15 is 0 Å². The van der Waals surface area contributed by atoms with Crippen molar-refractivity contribution >= 4 is 11.9 Å². The predicted octanol–water partition coefficient (Wildman–Crippen LogP) is 4.62. The van der Waals surface area contributed by atoms with E-state index in [2.05, 4.69) is 26.1 Å². The molecule has 4 rings (SSSR count). The molecule has 1 unspecified atom stereocenters. The third-order valence-corrected chi connectivity index (χ3v) is 10.7. The summed E-state index contributed by atoms with van der Waals surface area (Å²) in [6.45, 7) is 7.13. The number of carboxylic acids is 1. The van der Waals surface area contributed by atoms with Crippen molar-refractivity contribution in [1.29, 1.82) is 0 Å². The summed E-state index contributed by atoms with van der Waals surface area (Å²) >= 11 is 0. The molecule has 0 aromatic rings. The van der Waals surface area contributed by atoms with E-state index in [1.165, 1.54) is 44.9 Å². The van der Waals surface area contributed by atoms with Gasteiger partial charge in [-0.2, -0.15) is 0 Å². The topological polar surface area (TPSA) is 86.6 Å². The lowest BCUT2D eigenvalue weighted by Crippen LogP contribution is -2.54. The molecule has 5 nitrogen and oxygen atoms in total. The number of aliphatic hydroxyl groups excluding tert-OH is 1. The minimum Gasteiger partial charge on any atom is -0.480 e. The number of carbonyl (C=O) groups excluding carboxylic acids is 1. The highest BCUT2D eigenvalue weighted by atomic mass is 16.4. The monoisotopic (exact) mass is 433 g/mol. The zero-order valence-electron chi connectivity index (χ0n) is 19.7. The standard InChI is InChI=1S/C26H43NO4/c1-16(4-9-23(29)27-15-24(30)31)20-7-8-21-19-6-5-17-14-18(28)10-12-25(17,2)22(19)11-13-26(20,21)3/h16-22,28H,4-15H2,1-3H3,(H,27,29)(H,30,31)/t16-,17-,18?,19+,20-,21+,22+,25+,26-/m1/s1. The number of rotatable bonds is 6. The lowest BCUT2D eigenvalue weighted by molar-refractivity contribution is -0.138. The van der Waals surface area contributed by atoms with Gasteiger partial charge in [0.2, 0.25) is 5.91 Å². The predicted molar refractivity (Wildman–Crippen MR) is 120 cm³/mol. The third-order valence-electron chi connectivity index (χ3n) is 10.7. The fourth-order valence-electron chi connectivity index (χ4n) is 9.03. The molecule has 4 fully saturated rings. The normalized spacial score (nSPS) is 45.2. The summed E-state index contributed by atoms with van der Waals surface area (Å²) in [6.07, 6.45) is 12.3. The Morgan fingerprint density at radius 3 is 2.45 bits per heavy atom. The molecule has 4 aliphatic carbocycles. The van der Waals surface area contributed by atoms with Gasteiger partial charge in [-0.05, 0) is 111 Å². The van der Waals surface area contributed by atoms with Crippen LogP contribution in [0.5, 0.6) is 0 Å². The first-order valence-electron chi connectivity index (χ1n) is 12.8. The maximum Gasteiger partial charge on any atom is 0.322 e. The van der Waals surface area contributed by atoms with Crippen LogP contribution in [0.15, 0.2) is 0 Å². The van der Waals surface area contributed by atoms with Crippen LogP contribution in [0.25, 0.3) is 0 Å². The summed E-state index contributed by atoms with van der Waals surface area (Å²) in [5.41, 5.74) is 0.810. The molecule has 1 amide bonds. The highest BCUT2D eigenvalue weighted by molar-refractivity contribution is 5.81. The van der Waals surface area contributed by atoms with Crippen molar-refractivity contribution in [2.24, 2.45) is 46.3 Å². The average molecular weight is 434 g/mol. The van der Waals surface area contributed by atoms with Crippen molar-refractivity contribution in [2.75, 3.05) is 6.54 Å². The average Bonchev–Trinajstić information content (AvgIpc) is 3.08. The number of amides is 1. The van der Waals surface area contributed by atoms with E-state index in [9.17, 15) is 14.7 Å². The van der Waals surface area contributed by atoms with Crippen molar-refractivity contribution in [1.82, 2.24) is 5.32 Å². The van der Waals surface area contributed by atoms with Gasteiger partial charge in [-0.1, -0.05) is 20.8 Å². The summed E-state index contributed by atoms with van der Waals surface area (Å²) in [6, 6.07) is 0. The second-order valence-corrected chi connectivity index (χ2v) is 12.0. The Morgan fingerprint density at radius 2 is 1.71 bits per heavy atom. The molecular formula is C26H43NO4. The summed E-state index contributed by atoms with van der Waals surface area (Å²) in [5, 5.41) is 21.5. The van der Waals surface area contributed by atoms with E-state index in [1.54, 1.807) is 0 Å². The van der Waals surface area contributed by atoms with E-state index < -0.39 is 5.97 Å². The van der Waals surface area contributed by atoms with Crippen molar-refractivity contribution in [3.63, 3.8) is 0 Å². The highest BCUT2D eigenvalue weighted by Gasteiger charge is 2.60. The molecule has 0 heterocycles. The van der Waals surface area contributed by atoms with Crippen LogP contribution in [0.1, 0.15) is 91.4 Å². The zero-order chi connectivity index (χ0) is 22.4. The lowest BCUT2D eigenvalue weighted by Gasteiger charge is -2.61. The zero-order valence-corrected chi connectivity index (χ0v) is 19.7. The SMILES string of the molecule is C[C@H](CCC(=O)NCC(=O)O)[C@H]1CC[C@H]2[C@@H]3CC[C@@H]4CC(O)CC[C@]4(C)[C@H]3CC[C@]12C. The van der Waals surface area contributed by atoms with Crippen molar-refractivity contribution < 1.29 is 19.8 Å². The van der Waals surface area contributed by atoms with Gasteiger partial charge in [0, 0.05) is 6.42 Å². The highest BCUT2D eigenvalue weighted by Crippen LogP contribution is 2.68. The molecule has 9 atom stereocenters. The second kappa shape index (κ2) is 8.68. The van der Waals surface area contributed by atoms with Crippen LogP contribution in [-0.4, -0.2) is 34.7 Å². The van der Waals surface area contributed by atoms with Gasteiger partial charge in [-0.15, -0.1) is 0 Å². The smallest absolute Gasteiger partial charge is 0.322 e. The number of carboxylic acid groups (broad SMARTS) is 1. The molecule has 0 aliphatic heterocycles. The number of fused-ring (bicyclic) bond motifs is 5. The van der Waals surface area contributed by atoms with Crippen LogP contribution in [0.3, 0.4) is 0 Å². The molecule has 0 radical (unpaired) electrons. The third kappa shape index (κ3) is 4.16. The molecule has 176 valence electrons. The fourth-order valence-corrected chi connectivity index (χ4v) is 9.03. The largest absolute Gasteiger partial charge is 0.480 e. The number of aliphatic carboxylic acids is 1. The molecule has 0 aromatic carbocycles. The Morgan fingerprint density at radius 1 is 1.00 bits per heavy atom. The lowest BCUT2D eigenvalue weighted by atomic mass is 9.44. The van der Waals surface area contributed by atoms with E-state index in [1.807, 2.05) is 0 Å². The number of hydrogen-bond acceptors (Lipinski definition) is 3. The fraction of sp³-hybridized carbons (Fsp3) is 0.923. The minimum absolute atomic E-state index is 0.0760. The van der Waals surface area contributed by atoms with E-state index in [-0.39, 0.29) is 18.6 Å². The van der Waals surface area contributed by atoms with Gasteiger partial charge in [0.05, 0.1) is 6.10 Å². The summed E-state index contributed by atoms with van der Waals surface area (Å²) < 4.78 is 0. The maximum atomic E-state index is 12.0. The maximum absolute atomic E-state index is 12.0. The van der Waals surface area contributed by atoms with Gasteiger partial charge in [-0.3, -0.25) is 9.59 Å². The van der Waals surface area contributed by atoms with Gasteiger partial charge >= 0.3 is 5.97 Å². The minimum atomic E-state index is -0.986. The van der Waals surface area contributed by atoms with Crippen LogP contribution in [0.2, 0.25) is 0 Å². The van der Waals surface area contributed by atoms with E-state index in [0.29, 0.717) is 35.0 Å². The van der Waals surface area contributed by atoms with Gasteiger partial charge in [0.25, 0.3) is 0 Å². The summed E-state index contributed by atoms with van der Waals surface area (Å²) in [5.74, 6) is 3.23. The Kier molecular flexibility index (Phi) is 6.46. The van der Waals surface area contributed by atoms with Crippen molar-refractivity contribution in [3.05, 3.63) is 0 Å². The molecule has 3 N–H and O–H groups in total. The van der Waals surface area contributed by atoms with Gasteiger partial charge in [-0.25, -0.2) is 0 Å². The molecule has 4 aliphatic rings. The Hall–Kier alpha value is -1.10. The Labute approximate surface area is 187 Å². The van der Waals surface area contributed by atoms with Crippen LogP contribution >= 0.6 is 0 Å². The quantitative estimate of drug-likeness (QED) is 0.570. The summed E-state index contributed by atoms with van der Waals surface area (Å²) in [7, 11) is 0. The van der Waals surface area contributed by atoms with Gasteiger partial charge < -0.3 is 15.5 Å². The van der Waals surface area contributed by atoms with Crippen LogP contribution in [0.4, 0.5) is 0 Å². The van der Waals surface area contributed by atoms with Crippen LogP contribution < -0.4 is 5.32 Å². The molecule has 5 heteroatoms. The van der Waals surface area contributed by atoms with Crippen LogP contribution in [0, 0.1) is 46.3 Å². The number of nitrogens with one attached hydrogen (secondary N) is 1. The van der Waals surface area contributed by atoms with E-state index in [0.717, 1.165) is 37.0 Å². The Bertz CT molecular complexity index is 695. The first kappa shape index (κ1) is 23.1. The molecule has 31 heavy (non-hydrogen) atoms. The second-order valence-electron chi connectivity index (χ2n) is 12.0. The molecule has 0 aromatic heterocycles. The summed E-state index contributed by atoms with van der Waals surface area (Å²) in [4.78, 5) is 22.7. The molecular weight excluding hydrogens is 390 g/mol. The first-order chi connectivity index (χ1) is 14.6. The van der Waals surface area contributed by atoms with Crippen molar-refractivity contribution in [3.8, 4) is 0 Å². The van der Waals surface area contributed by atoms with Gasteiger partial charge in [0.15, 0.2) is 0 Å². The van der Waals surface area contributed by atoms with Crippen LogP contribution in [-0.2, 0) is 9.59 Å². The number of aliphatic hydroxyl groups is 1. The molecule has 4 saturated carbocycles. The number of hydrogen-bond donors (Lipinski definition) is 3. The number of carbonyl (C=O) groups is 2. The van der Waals surface area contributed by atoms with E-state index in [4.69, 9.17) is 5.11 Å². The molecule has 0 spiro atoms. The Balaban J connectivity index is 1.40. The first-order valence-corrected chi connectivity index (χ1v) is 12.8. The van der Waals surface area contributed by atoms with Crippen molar-refractivity contribution in [2.45, 2.75) is 97.5 Å². The van der Waals surface area contributed by atoms with Gasteiger partial charge in [0.1, 0.15) is 6.54 Å². The molecule has 0 bridgehead atoms. The molecule has 0 saturated heterocycles.